The molecule has 29 heavy (non-hydrogen) atoms. The number of furan rings is 1. The molecule has 0 aliphatic rings. The third-order valence-corrected chi connectivity index (χ3v) is 4.76. The molecule has 150 valence electrons. The van der Waals surface area contributed by atoms with Gasteiger partial charge >= 0.3 is 0 Å². The first-order valence-electron chi connectivity index (χ1n) is 9.68. The zero-order valence-corrected chi connectivity index (χ0v) is 16.4. The van der Waals surface area contributed by atoms with Crippen LogP contribution in [0.3, 0.4) is 0 Å². The summed E-state index contributed by atoms with van der Waals surface area (Å²) in [6.45, 7) is 5.28. The SMILES string of the molecule is Cc1ccc(CN(CCCn2ccnc2)Cc2cnn(-c3ccc(F)cc3)c2)o1. The van der Waals surface area contributed by atoms with E-state index in [1.165, 1.54) is 12.1 Å². The largest absolute Gasteiger partial charge is 0.465 e. The second kappa shape index (κ2) is 8.87. The fourth-order valence-corrected chi connectivity index (χ4v) is 3.34. The van der Waals surface area contributed by atoms with E-state index in [0.29, 0.717) is 0 Å². The van der Waals surface area contributed by atoms with Crippen molar-refractivity contribution in [2.24, 2.45) is 0 Å². The van der Waals surface area contributed by atoms with Crippen LogP contribution < -0.4 is 0 Å². The number of aromatic nitrogens is 4. The van der Waals surface area contributed by atoms with E-state index in [-0.39, 0.29) is 5.82 Å². The van der Waals surface area contributed by atoms with Crippen molar-refractivity contribution in [2.45, 2.75) is 33.0 Å². The van der Waals surface area contributed by atoms with Gasteiger partial charge in [0.1, 0.15) is 17.3 Å². The lowest BCUT2D eigenvalue weighted by Crippen LogP contribution is -2.24. The minimum atomic E-state index is -0.251. The molecule has 0 N–H and O–H groups in total. The molecule has 1 aromatic carbocycles. The molecule has 0 saturated heterocycles. The quantitative estimate of drug-likeness (QED) is 0.428. The van der Waals surface area contributed by atoms with E-state index in [9.17, 15) is 4.39 Å². The fraction of sp³-hybridized carbons (Fsp3) is 0.273. The molecule has 0 bridgehead atoms. The minimum Gasteiger partial charge on any atom is -0.465 e. The number of halogens is 1. The Morgan fingerprint density at radius 3 is 2.69 bits per heavy atom. The molecule has 0 unspecified atom stereocenters. The second-order valence-electron chi connectivity index (χ2n) is 7.15. The normalized spacial score (nSPS) is 11.4. The summed E-state index contributed by atoms with van der Waals surface area (Å²) in [4.78, 5) is 6.44. The number of aryl methyl sites for hydroxylation is 2. The zero-order chi connectivity index (χ0) is 20.1. The Labute approximate surface area is 169 Å². The van der Waals surface area contributed by atoms with Crippen molar-refractivity contribution >= 4 is 0 Å². The lowest BCUT2D eigenvalue weighted by molar-refractivity contribution is 0.227. The minimum absolute atomic E-state index is 0.251. The molecule has 0 atom stereocenters. The van der Waals surface area contributed by atoms with Crippen LogP contribution in [0.5, 0.6) is 0 Å². The van der Waals surface area contributed by atoms with Crippen molar-refractivity contribution in [3.05, 3.63) is 90.4 Å². The predicted molar refractivity (Wildman–Crippen MR) is 108 cm³/mol. The maximum atomic E-state index is 13.2. The van der Waals surface area contributed by atoms with Gasteiger partial charge in [0.25, 0.3) is 0 Å². The molecule has 0 saturated carbocycles. The lowest BCUT2D eigenvalue weighted by Gasteiger charge is -2.20. The van der Waals surface area contributed by atoms with E-state index in [1.807, 2.05) is 44.0 Å². The number of hydrogen-bond acceptors (Lipinski definition) is 4. The molecule has 3 heterocycles. The molecule has 0 spiro atoms. The highest BCUT2D eigenvalue weighted by atomic mass is 19.1. The Kier molecular flexibility index (Phi) is 5.86. The van der Waals surface area contributed by atoms with Gasteiger partial charge < -0.3 is 8.98 Å². The molecule has 4 aromatic rings. The molecule has 0 aliphatic carbocycles. The van der Waals surface area contributed by atoms with Crippen LogP contribution in [0.15, 0.2) is 71.9 Å². The van der Waals surface area contributed by atoms with Crippen molar-refractivity contribution in [1.82, 2.24) is 24.2 Å². The molecule has 6 nitrogen and oxygen atoms in total. The number of hydrogen-bond donors (Lipinski definition) is 0. The van der Waals surface area contributed by atoms with Crippen LogP contribution in [0.2, 0.25) is 0 Å². The van der Waals surface area contributed by atoms with E-state index >= 15 is 0 Å². The highest BCUT2D eigenvalue weighted by molar-refractivity contribution is 5.31. The summed E-state index contributed by atoms with van der Waals surface area (Å²) in [5.41, 5.74) is 1.94. The van der Waals surface area contributed by atoms with Crippen molar-refractivity contribution in [3.8, 4) is 5.69 Å². The van der Waals surface area contributed by atoms with Crippen LogP contribution in [0.1, 0.15) is 23.5 Å². The maximum absolute atomic E-state index is 13.2. The first-order valence-corrected chi connectivity index (χ1v) is 9.68. The molecule has 0 aliphatic heterocycles. The van der Waals surface area contributed by atoms with Crippen LogP contribution >= 0.6 is 0 Å². The van der Waals surface area contributed by atoms with E-state index in [2.05, 4.69) is 19.5 Å². The Hall–Kier alpha value is -3.19. The van der Waals surface area contributed by atoms with Crippen molar-refractivity contribution in [3.63, 3.8) is 0 Å². The monoisotopic (exact) mass is 393 g/mol. The topological polar surface area (TPSA) is 52.0 Å². The van der Waals surface area contributed by atoms with Crippen LogP contribution in [-0.2, 0) is 19.6 Å². The molecule has 3 aromatic heterocycles. The summed E-state index contributed by atoms with van der Waals surface area (Å²) in [7, 11) is 0. The van der Waals surface area contributed by atoms with Crippen molar-refractivity contribution in [2.75, 3.05) is 6.54 Å². The molecule has 0 amide bonds. The fourth-order valence-electron chi connectivity index (χ4n) is 3.34. The number of imidazole rings is 1. The summed E-state index contributed by atoms with van der Waals surface area (Å²) in [6.07, 6.45) is 10.5. The van der Waals surface area contributed by atoms with E-state index in [0.717, 1.165) is 55.4 Å². The third-order valence-electron chi connectivity index (χ3n) is 4.76. The standard InChI is InChI=1S/C22H24FN5O/c1-18-3-8-22(29-18)16-27(11-2-10-26-12-9-24-17-26)14-19-13-25-28(15-19)21-6-4-20(23)5-7-21/h3-9,12-13,15,17H,2,10-11,14,16H2,1H3. The summed E-state index contributed by atoms with van der Waals surface area (Å²) in [5.74, 6) is 1.62. The molecule has 7 heteroatoms. The van der Waals surface area contributed by atoms with Crippen molar-refractivity contribution < 1.29 is 8.81 Å². The zero-order valence-electron chi connectivity index (χ0n) is 16.4. The first-order chi connectivity index (χ1) is 14.2. The van der Waals surface area contributed by atoms with Gasteiger partial charge in [-0.15, -0.1) is 0 Å². The van der Waals surface area contributed by atoms with Gasteiger partial charge in [0, 0.05) is 43.8 Å². The smallest absolute Gasteiger partial charge is 0.123 e. The van der Waals surface area contributed by atoms with Gasteiger partial charge in [-0.05, 0) is 49.7 Å². The summed E-state index contributed by atoms with van der Waals surface area (Å²) in [5, 5.41) is 4.43. The Morgan fingerprint density at radius 1 is 1.10 bits per heavy atom. The predicted octanol–water partition coefficient (Wildman–Crippen LogP) is 4.20. The summed E-state index contributed by atoms with van der Waals surface area (Å²) < 4.78 is 22.8. The van der Waals surface area contributed by atoms with E-state index in [1.54, 1.807) is 23.0 Å². The first kappa shape index (κ1) is 19.1. The second-order valence-corrected chi connectivity index (χ2v) is 7.15. The highest BCUT2D eigenvalue weighted by Crippen LogP contribution is 2.15. The number of benzene rings is 1. The van der Waals surface area contributed by atoms with Crippen molar-refractivity contribution in [1.29, 1.82) is 0 Å². The van der Waals surface area contributed by atoms with Gasteiger partial charge in [-0.1, -0.05) is 0 Å². The highest BCUT2D eigenvalue weighted by Gasteiger charge is 2.12. The van der Waals surface area contributed by atoms with Gasteiger partial charge in [0.05, 0.1) is 24.8 Å². The van der Waals surface area contributed by atoms with E-state index in [4.69, 9.17) is 4.42 Å². The van der Waals surface area contributed by atoms with Crippen LogP contribution in [-0.4, -0.2) is 30.8 Å². The maximum Gasteiger partial charge on any atom is 0.123 e. The Morgan fingerprint density at radius 2 is 1.97 bits per heavy atom. The van der Waals surface area contributed by atoms with Crippen LogP contribution in [0.25, 0.3) is 5.69 Å². The molecule has 0 radical (unpaired) electrons. The van der Waals surface area contributed by atoms with Gasteiger partial charge in [0.15, 0.2) is 0 Å². The van der Waals surface area contributed by atoms with Gasteiger partial charge in [0.2, 0.25) is 0 Å². The Bertz CT molecular complexity index is 1020. The lowest BCUT2D eigenvalue weighted by atomic mass is 10.2. The average molecular weight is 393 g/mol. The van der Waals surface area contributed by atoms with Crippen LogP contribution in [0.4, 0.5) is 4.39 Å². The van der Waals surface area contributed by atoms with E-state index < -0.39 is 0 Å². The summed E-state index contributed by atoms with van der Waals surface area (Å²) in [6, 6.07) is 10.4. The molecule has 4 rings (SSSR count). The third kappa shape index (κ3) is 5.20. The summed E-state index contributed by atoms with van der Waals surface area (Å²) >= 11 is 0. The molecular formula is C22H24FN5O. The Balaban J connectivity index is 1.43. The molecule has 0 fully saturated rings. The van der Waals surface area contributed by atoms with Crippen LogP contribution in [0, 0.1) is 12.7 Å². The van der Waals surface area contributed by atoms with Gasteiger partial charge in [-0.25, -0.2) is 14.1 Å². The number of rotatable bonds is 9. The van der Waals surface area contributed by atoms with Gasteiger partial charge in [-0.2, -0.15) is 5.10 Å². The number of nitrogens with zero attached hydrogens (tertiary/aromatic N) is 5. The molecular weight excluding hydrogens is 369 g/mol. The average Bonchev–Trinajstić information content (AvgIpc) is 3.46. The van der Waals surface area contributed by atoms with Gasteiger partial charge in [-0.3, -0.25) is 4.90 Å².